The lowest BCUT2D eigenvalue weighted by atomic mass is 10.2. The van der Waals surface area contributed by atoms with Gasteiger partial charge < -0.3 is 9.47 Å². The van der Waals surface area contributed by atoms with Crippen molar-refractivity contribution in [3.05, 3.63) is 91.3 Å². The first kappa shape index (κ1) is 25.6. The van der Waals surface area contributed by atoms with E-state index < -0.39 is 0 Å². The first-order chi connectivity index (χ1) is 15.9. The summed E-state index contributed by atoms with van der Waals surface area (Å²) < 4.78 is 13.2. The highest BCUT2D eigenvalue weighted by atomic mass is 79.9. The van der Waals surface area contributed by atoms with Gasteiger partial charge in [0, 0.05) is 15.2 Å². The Labute approximate surface area is 219 Å². The molecular formula is C24H21Br2ClN2O3S. The second kappa shape index (κ2) is 13.0. The number of ether oxygens (including phenoxy) is 2. The molecule has 0 aliphatic heterocycles. The Balaban J connectivity index is 1.52. The normalized spacial score (nSPS) is 10.9. The Kier molecular flexibility index (Phi) is 10.1. The van der Waals surface area contributed by atoms with Gasteiger partial charge in [-0.3, -0.25) is 4.79 Å². The molecule has 9 heteroatoms. The number of amides is 1. The number of nitrogens with one attached hydrogen (secondary N) is 1. The van der Waals surface area contributed by atoms with Gasteiger partial charge in [0.15, 0.2) is 11.5 Å². The third-order valence-corrected chi connectivity index (χ3v) is 6.68. The molecule has 0 bridgehead atoms. The van der Waals surface area contributed by atoms with E-state index in [2.05, 4.69) is 42.4 Å². The Morgan fingerprint density at radius 3 is 2.64 bits per heavy atom. The van der Waals surface area contributed by atoms with Gasteiger partial charge in [0.25, 0.3) is 0 Å². The van der Waals surface area contributed by atoms with Crippen LogP contribution in [0.5, 0.6) is 11.5 Å². The van der Waals surface area contributed by atoms with Gasteiger partial charge in [-0.2, -0.15) is 5.10 Å². The highest BCUT2D eigenvalue weighted by molar-refractivity contribution is 9.10. The second-order valence-electron chi connectivity index (χ2n) is 6.87. The van der Waals surface area contributed by atoms with Crippen molar-refractivity contribution in [1.82, 2.24) is 5.43 Å². The van der Waals surface area contributed by atoms with E-state index in [0.717, 1.165) is 26.9 Å². The molecule has 33 heavy (non-hydrogen) atoms. The summed E-state index contributed by atoms with van der Waals surface area (Å²) in [6, 6.07) is 19.1. The zero-order valence-corrected chi connectivity index (χ0v) is 22.4. The van der Waals surface area contributed by atoms with Gasteiger partial charge in [-0.25, -0.2) is 5.43 Å². The van der Waals surface area contributed by atoms with E-state index in [9.17, 15) is 4.79 Å². The summed E-state index contributed by atoms with van der Waals surface area (Å²) in [4.78, 5) is 12.1. The van der Waals surface area contributed by atoms with Gasteiger partial charge in [-0.15, -0.1) is 11.8 Å². The molecule has 0 unspecified atom stereocenters. The Morgan fingerprint density at radius 1 is 1.12 bits per heavy atom. The lowest BCUT2D eigenvalue weighted by Crippen LogP contribution is -2.19. The molecule has 1 amide bonds. The summed E-state index contributed by atoms with van der Waals surface area (Å²) in [6.45, 7) is 0.368. The van der Waals surface area contributed by atoms with Gasteiger partial charge in [0.05, 0.1) is 23.5 Å². The molecule has 1 N–H and O–H groups in total. The summed E-state index contributed by atoms with van der Waals surface area (Å²) in [7, 11) is 1.57. The fourth-order valence-electron chi connectivity index (χ4n) is 2.79. The molecule has 0 aliphatic rings. The molecule has 0 saturated carbocycles. The van der Waals surface area contributed by atoms with E-state index >= 15 is 0 Å². The Morgan fingerprint density at radius 2 is 1.91 bits per heavy atom. The van der Waals surface area contributed by atoms with E-state index in [1.807, 2.05) is 54.6 Å². The molecule has 0 aliphatic carbocycles. The number of carbonyl (C=O) groups is 1. The van der Waals surface area contributed by atoms with Crippen LogP contribution >= 0.6 is 55.2 Å². The lowest BCUT2D eigenvalue weighted by molar-refractivity contribution is -0.118. The molecule has 172 valence electrons. The van der Waals surface area contributed by atoms with Crippen molar-refractivity contribution < 1.29 is 14.3 Å². The molecule has 0 fully saturated rings. The minimum absolute atomic E-state index is 0.166. The maximum Gasteiger partial charge on any atom is 0.250 e. The van der Waals surface area contributed by atoms with Gasteiger partial charge in [0.1, 0.15) is 6.61 Å². The van der Waals surface area contributed by atoms with Crippen molar-refractivity contribution >= 4 is 67.3 Å². The number of carbonyl (C=O) groups excluding carboxylic acids is 1. The fraction of sp³-hybridized carbons (Fsp3) is 0.167. The van der Waals surface area contributed by atoms with Crippen LogP contribution in [0.2, 0.25) is 5.02 Å². The van der Waals surface area contributed by atoms with Crippen LogP contribution in [-0.2, 0) is 17.2 Å². The van der Waals surface area contributed by atoms with Crippen LogP contribution in [-0.4, -0.2) is 25.0 Å². The summed E-state index contributed by atoms with van der Waals surface area (Å²) >= 11 is 14.4. The molecule has 0 radical (unpaired) electrons. The molecule has 0 saturated heterocycles. The van der Waals surface area contributed by atoms with Crippen LogP contribution in [0.1, 0.15) is 16.7 Å². The second-order valence-corrected chi connectivity index (χ2v) is 10.1. The molecule has 5 nitrogen and oxygen atoms in total. The highest BCUT2D eigenvalue weighted by Crippen LogP contribution is 2.37. The maximum absolute atomic E-state index is 12.1. The summed E-state index contributed by atoms with van der Waals surface area (Å²) in [6.07, 6.45) is 1.56. The number of thioether (sulfide) groups is 1. The third-order valence-electron chi connectivity index (χ3n) is 4.34. The molecule has 0 heterocycles. The number of benzene rings is 3. The molecule has 0 atom stereocenters. The van der Waals surface area contributed by atoms with Crippen LogP contribution in [0.3, 0.4) is 0 Å². The minimum atomic E-state index is -0.166. The number of hydrogen-bond donors (Lipinski definition) is 1. The van der Waals surface area contributed by atoms with Crippen molar-refractivity contribution in [2.45, 2.75) is 12.4 Å². The number of hydrogen-bond acceptors (Lipinski definition) is 5. The molecule has 0 aromatic heterocycles. The van der Waals surface area contributed by atoms with E-state index in [0.29, 0.717) is 33.4 Å². The predicted molar refractivity (Wildman–Crippen MR) is 143 cm³/mol. The van der Waals surface area contributed by atoms with Crippen molar-refractivity contribution in [3.8, 4) is 11.5 Å². The van der Waals surface area contributed by atoms with Crippen molar-refractivity contribution in [2.75, 3.05) is 12.9 Å². The van der Waals surface area contributed by atoms with Crippen LogP contribution in [0.15, 0.2) is 74.7 Å². The average molecular weight is 613 g/mol. The van der Waals surface area contributed by atoms with Gasteiger partial charge >= 0.3 is 0 Å². The van der Waals surface area contributed by atoms with Crippen LogP contribution in [0.25, 0.3) is 0 Å². The lowest BCUT2D eigenvalue weighted by Gasteiger charge is -2.13. The van der Waals surface area contributed by atoms with E-state index in [-0.39, 0.29) is 5.91 Å². The van der Waals surface area contributed by atoms with E-state index in [4.69, 9.17) is 21.1 Å². The number of hydrazone groups is 1. The third kappa shape index (κ3) is 8.37. The van der Waals surface area contributed by atoms with E-state index in [1.165, 1.54) is 11.8 Å². The quantitative estimate of drug-likeness (QED) is 0.201. The monoisotopic (exact) mass is 610 g/mol. The molecule has 0 spiro atoms. The summed E-state index contributed by atoms with van der Waals surface area (Å²) in [5.74, 6) is 2.03. The largest absolute Gasteiger partial charge is 0.493 e. The molecular weight excluding hydrogens is 592 g/mol. The zero-order valence-electron chi connectivity index (χ0n) is 17.7. The SMILES string of the molecule is COc1cc(/C=N\NC(=O)CSCc2cccc(Br)c2)cc(Br)c1OCc1ccc(Cl)cc1. The molecule has 3 aromatic carbocycles. The first-order valence-electron chi connectivity index (χ1n) is 9.83. The zero-order chi connectivity index (χ0) is 23.6. The molecule has 3 rings (SSSR count). The number of halogens is 3. The minimum Gasteiger partial charge on any atom is -0.493 e. The first-order valence-corrected chi connectivity index (χ1v) is 13.0. The number of rotatable bonds is 10. The van der Waals surface area contributed by atoms with Crippen molar-refractivity contribution in [1.29, 1.82) is 0 Å². The molecule has 3 aromatic rings. The van der Waals surface area contributed by atoms with E-state index in [1.54, 1.807) is 19.4 Å². The Bertz CT molecular complexity index is 1130. The van der Waals surface area contributed by atoms with Crippen molar-refractivity contribution in [3.63, 3.8) is 0 Å². The highest BCUT2D eigenvalue weighted by Gasteiger charge is 2.12. The summed E-state index contributed by atoms with van der Waals surface area (Å²) in [5.41, 5.74) is 5.44. The van der Waals surface area contributed by atoms with Crippen LogP contribution in [0, 0.1) is 0 Å². The predicted octanol–water partition coefficient (Wildman–Crippen LogP) is 6.84. The van der Waals surface area contributed by atoms with Gasteiger partial charge in [0.2, 0.25) is 5.91 Å². The smallest absolute Gasteiger partial charge is 0.250 e. The maximum atomic E-state index is 12.1. The van der Waals surface area contributed by atoms with Gasteiger partial charge in [-0.05, 0) is 69.0 Å². The number of methoxy groups -OCH3 is 1. The topological polar surface area (TPSA) is 59.9 Å². The average Bonchev–Trinajstić information content (AvgIpc) is 2.79. The standard InChI is InChI=1S/C24H21Br2ClN2O3S/c1-31-22-11-18(10-21(26)24(22)32-13-16-5-7-20(27)8-6-16)12-28-29-23(30)15-33-14-17-3-2-4-19(25)9-17/h2-12H,13-15H2,1H3,(H,29,30)/b28-12-. The van der Waals surface area contributed by atoms with Crippen LogP contribution in [0.4, 0.5) is 0 Å². The van der Waals surface area contributed by atoms with Gasteiger partial charge in [-0.1, -0.05) is 51.8 Å². The summed E-state index contributed by atoms with van der Waals surface area (Å²) in [5, 5.41) is 4.73. The fourth-order valence-corrected chi connectivity index (χ4v) is 4.70. The number of nitrogens with zero attached hydrogens (tertiary/aromatic N) is 1. The van der Waals surface area contributed by atoms with Crippen LogP contribution < -0.4 is 14.9 Å². The Hall–Kier alpha value is -2.00. The van der Waals surface area contributed by atoms with Crippen molar-refractivity contribution in [2.24, 2.45) is 5.10 Å².